The molecule has 2 amide bonds. The van der Waals surface area contributed by atoms with Crippen molar-refractivity contribution in [1.82, 2.24) is 10.2 Å². The third-order valence-electron chi connectivity index (χ3n) is 5.08. The van der Waals surface area contributed by atoms with E-state index < -0.39 is 6.04 Å². The second-order valence-electron chi connectivity index (χ2n) is 7.41. The summed E-state index contributed by atoms with van der Waals surface area (Å²) < 4.78 is 0. The third kappa shape index (κ3) is 8.06. The van der Waals surface area contributed by atoms with Crippen LogP contribution in [-0.2, 0) is 16.1 Å². The summed E-state index contributed by atoms with van der Waals surface area (Å²) in [6, 6.07) is 14.5. The van der Waals surface area contributed by atoms with Crippen LogP contribution < -0.4 is 5.32 Å². The molecule has 2 aromatic rings. The Morgan fingerprint density at radius 3 is 2.32 bits per heavy atom. The molecule has 168 valence electrons. The molecule has 31 heavy (non-hydrogen) atoms. The first-order chi connectivity index (χ1) is 14.8. The van der Waals surface area contributed by atoms with E-state index in [2.05, 4.69) is 5.32 Å². The topological polar surface area (TPSA) is 49.4 Å². The van der Waals surface area contributed by atoms with Gasteiger partial charge in [-0.2, -0.15) is 0 Å². The molecule has 1 N–H and O–H groups in total. The zero-order chi connectivity index (χ0) is 22.8. The summed E-state index contributed by atoms with van der Waals surface area (Å²) in [5, 5.41) is 4.30. The molecule has 0 bridgehead atoms. The van der Waals surface area contributed by atoms with Crippen molar-refractivity contribution in [2.24, 2.45) is 0 Å². The first-order valence-electron chi connectivity index (χ1n) is 10.6. The van der Waals surface area contributed by atoms with Gasteiger partial charge in [-0.15, -0.1) is 11.8 Å². The fourth-order valence-electron chi connectivity index (χ4n) is 3.10. The second-order valence-corrected chi connectivity index (χ2v) is 9.42. The van der Waals surface area contributed by atoms with Gasteiger partial charge in [-0.1, -0.05) is 55.2 Å². The van der Waals surface area contributed by atoms with Crippen molar-refractivity contribution in [1.29, 1.82) is 0 Å². The van der Waals surface area contributed by atoms with Crippen LogP contribution in [0, 0.1) is 0 Å². The molecule has 0 fully saturated rings. The van der Waals surface area contributed by atoms with Crippen LogP contribution in [0.3, 0.4) is 0 Å². The first-order valence-corrected chi connectivity index (χ1v) is 12.3. The number of rotatable bonds is 11. The second kappa shape index (κ2) is 13.0. The summed E-state index contributed by atoms with van der Waals surface area (Å²) in [4.78, 5) is 28.9. The molecule has 0 spiro atoms. The largest absolute Gasteiger partial charge is 0.352 e. The lowest BCUT2D eigenvalue weighted by Crippen LogP contribution is -2.50. The number of benzene rings is 2. The molecule has 0 saturated heterocycles. The summed E-state index contributed by atoms with van der Waals surface area (Å²) in [5.41, 5.74) is 0.831. The highest BCUT2D eigenvalue weighted by atomic mass is 35.5. The summed E-state index contributed by atoms with van der Waals surface area (Å²) >= 11 is 13.9. The number of hydrogen-bond acceptors (Lipinski definition) is 3. The average Bonchev–Trinajstić information content (AvgIpc) is 2.76. The number of halogens is 2. The van der Waals surface area contributed by atoms with Crippen molar-refractivity contribution < 1.29 is 9.59 Å². The van der Waals surface area contributed by atoms with Gasteiger partial charge < -0.3 is 10.2 Å². The van der Waals surface area contributed by atoms with Crippen LogP contribution in [-0.4, -0.2) is 34.6 Å². The van der Waals surface area contributed by atoms with Crippen molar-refractivity contribution in [2.45, 2.75) is 63.6 Å². The number of hydrogen-bond donors (Lipinski definition) is 1. The number of amides is 2. The lowest BCUT2D eigenvalue weighted by Gasteiger charge is -2.31. The van der Waals surface area contributed by atoms with Gasteiger partial charge in [0.2, 0.25) is 11.8 Å². The molecule has 0 aliphatic carbocycles. The first kappa shape index (κ1) is 25.6. The van der Waals surface area contributed by atoms with Crippen molar-refractivity contribution >= 4 is 46.8 Å². The van der Waals surface area contributed by atoms with Gasteiger partial charge in [0.05, 0.1) is 0 Å². The van der Waals surface area contributed by atoms with Crippen LogP contribution in [0.15, 0.2) is 53.4 Å². The number of nitrogens with one attached hydrogen (secondary N) is 1. The van der Waals surface area contributed by atoms with E-state index in [9.17, 15) is 9.59 Å². The molecule has 2 aromatic carbocycles. The van der Waals surface area contributed by atoms with E-state index in [-0.39, 0.29) is 17.9 Å². The molecule has 0 saturated carbocycles. The molecule has 0 heterocycles. The normalized spacial score (nSPS) is 12.8. The Morgan fingerprint density at radius 1 is 1.03 bits per heavy atom. The predicted octanol–water partition coefficient (Wildman–Crippen LogP) is 6.20. The van der Waals surface area contributed by atoms with Gasteiger partial charge in [0.25, 0.3) is 0 Å². The Labute approximate surface area is 199 Å². The highest BCUT2D eigenvalue weighted by molar-refractivity contribution is 7.99. The predicted molar refractivity (Wildman–Crippen MR) is 131 cm³/mol. The van der Waals surface area contributed by atoms with Crippen LogP contribution in [0.4, 0.5) is 0 Å². The number of nitrogens with zero attached hydrogens (tertiary/aromatic N) is 1. The molecular weight excluding hydrogens is 451 g/mol. The fourth-order valence-corrected chi connectivity index (χ4v) is 4.26. The van der Waals surface area contributed by atoms with Gasteiger partial charge in [-0.05, 0) is 55.7 Å². The monoisotopic (exact) mass is 480 g/mol. The summed E-state index contributed by atoms with van der Waals surface area (Å²) in [6.45, 7) is 6.22. The Kier molecular flexibility index (Phi) is 10.7. The summed E-state index contributed by atoms with van der Waals surface area (Å²) in [7, 11) is 0. The van der Waals surface area contributed by atoms with Crippen molar-refractivity contribution in [3.05, 3.63) is 64.1 Å². The molecule has 2 atom stereocenters. The minimum Gasteiger partial charge on any atom is -0.352 e. The van der Waals surface area contributed by atoms with Crippen LogP contribution in [0.2, 0.25) is 10.0 Å². The fraction of sp³-hybridized carbons (Fsp3) is 0.417. The number of carbonyl (C=O) groups is 2. The van der Waals surface area contributed by atoms with Crippen LogP contribution in [0.25, 0.3) is 0 Å². The maximum absolute atomic E-state index is 13.2. The van der Waals surface area contributed by atoms with Crippen molar-refractivity contribution in [3.63, 3.8) is 0 Å². The lowest BCUT2D eigenvalue weighted by atomic mass is 10.1. The maximum Gasteiger partial charge on any atom is 0.243 e. The minimum absolute atomic E-state index is 0.0549. The van der Waals surface area contributed by atoms with Crippen LogP contribution >= 0.6 is 35.0 Å². The summed E-state index contributed by atoms with van der Waals surface area (Å²) in [6.07, 6.45) is 1.69. The SMILES string of the molecule is CC[C@@H](C)NC(=O)[C@@H](CC)N(Cc1ccccc1Cl)C(=O)CCSc1ccc(Cl)cc1. The van der Waals surface area contributed by atoms with Crippen LogP contribution in [0.5, 0.6) is 0 Å². The standard InChI is InChI=1S/C24H30Cl2N2O2S/c1-4-17(3)27-24(30)22(5-2)28(16-18-8-6-7-9-21(18)26)23(29)14-15-31-20-12-10-19(25)11-13-20/h6-13,17,22H,4-5,14-16H2,1-3H3,(H,27,30)/t17-,22-/m1/s1. The Hall–Kier alpha value is -1.69. The van der Waals surface area contributed by atoms with Crippen molar-refractivity contribution in [3.8, 4) is 0 Å². The smallest absolute Gasteiger partial charge is 0.243 e. The highest BCUT2D eigenvalue weighted by Gasteiger charge is 2.29. The van der Waals surface area contributed by atoms with E-state index >= 15 is 0 Å². The molecule has 0 radical (unpaired) electrons. The molecule has 7 heteroatoms. The number of carbonyl (C=O) groups excluding carboxylic acids is 2. The lowest BCUT2D eigenvalue weighted by molar-refractivity contribution is -0.141. The van der Waals surface area contributed by atoms with Crippen molar-refractivity contribution in [2.75, 3.05) is 5.75 Å². The van der Waals surface area contributed by atoms with Gasteiger partial charge in [-0.3, -0.25) is 9.59 Å². The minimum atomic E-state index is -0.543. The molecule has 0 aromatic heterocycles. The molecule has 0 unspecified atom stereocenters. The van der Waals surface area contributed by atoms with Gasteiger partial charge in [0.1, 0.15) is 6.04 Å². The zero-order valence-electron chi connectivity index (χ0n) is 18.2. The zero-order valence-corrected chi connectivity index (χ0v) is 20.6. The number of thioether (sulfide) groups is 1. The third-order valence-corrected chi connectivity index (χ3v) is 6.72. The molecule has 0 aliphatic heterocycles. The molecule has 0 aliphatic rings. The highest BCUT2D eigenvalue weighted by Crippen LogP contribution is 2.23. The summed E-state index contributed by atoms with van der Waals surface area (Å²) in [5.74, 6) is 0.429. The Morgan fingerprint density at radius 2 is 1.71 bits per heavy atom. The molecular formula is C24H30Cl2N2O2S. The van der Waals surface area contributed by atoms with E-state index in [1.165, 1.54) is 0 Å². The van der Waals surface area contributed by atoms with E-state index in [1.807, 2.05) is 63.2 Å². The van der Waals surface area contributed by atoms with Gasteiger partial charge in [0.15, 0.2) is 0 Å². The van der Waals surface area contributed by atoms with E-state index in [4.69, 9.17) is 23.2 Å². The Balaban J connectivity index is 2.14. The van der Waals surface area contributed by atoms with Crippen LogP contribution in [0.1, 0.15) is 45.6 Å². The average molecular weight is 481 g/mol. The Bertz CT molecular complexity index is 861. The van der Waals surface area contributed by atoms with Gasteiger partial charge >= 0.3 is 0 Å². The van der Waals surface area contributed by atoms with E-state index in [0.29, 0.717) is 35.2 Å². The maximum atomic E-state index is 13.2. The van der Waals surface area contributed by atoms with Gasteiger partial charge in [-0.25, -0.2) is 0 Å². The van der Waals surface area contributed by atoms with Gasteiger partial charge in [0, 0.05) is 39.7 Å². The van der Waals surface area contributed by atoms with E-state index in [1.54, 1.807) is 22.7 Å². The molecule has 4 nitrogen and oxygen atoms in total. The quantitative estimate of drug-likeness (QED) is 0.389. The van der Waals surface area contributed by atoms with E-state index in [0.717, 1.165) is 16.9 Å². The molecule has 2 rings (SSSR count).